The van der Waals surface area contributed by atoms with Gasteiger partial charge in [0.15, 0.2) is 6.10 Å². The van der Waals surface area contributed by atoms with E-state index in [9.17, 15) is 14.4 Å². The van der Waals surface area contributed by atoms with Crippen molar-refractivity contribution in [3.63, 3.8) is 0 Å². The Morgan fingerprint density at radius 1 is 0.356 bits per heavy atom. The highest BCUT2D eigenvalue weighted by molar-refractivity contribution is 5.71. The highest BCUT2D eigenvalue weighted by atomic mass is 16.6. The molecular formula is C53H80O6. The Morgan fingerprint density at radius 2 is 0.661 bits per heavy atom. The smallest absolute Gasteiger partial charge is 0.306 e. The number of rotatable bonds is 38. The highest BCUT2D eigenvalue weighted by Gasteiger charge is 2.19. The monoisotopic (exact) mass is 813 g/mol. The maximum atomic E-state index is 12.7. The highest BCUT2D eigenvalue weighted by Crippen LogP contribution is 2.11. The van der Waals surface area contributed by atoms with Crippen LogP contribution < -0.4 is 0 Å². The first-order chi connectivity index (χ1) is 29.0. The zero-order valence-corrected chi connectivity index (χ0v) is 37.2. The molecule has 0 aromatic carbocycles. The van der Waals surface area contributed by atoms with Gasteiger partial charge in [-0.1, -0.05) is 199 Å². The van der Waals surface area contributed by atoms with E-state index in [0.717, 1.165) is 109 Å². The molecule has 0 radical (unpaired) electrons. The number of hydrogen-bond acceptors (Lipinski definition) is 6. The molecule has 0 spiro atoms. The fourth-order valence-corrected chi connectivity index (χ4v) is 5.45. The molecule has 1 unspecified atom stereocenters. The second-order valence-corrected chi connectivity index (χ2v) is 14.4. The molecule has 0 saturated carbocycles. The number of carbonyl (C=O) groups excluding carboxylic acids is 3. The van der Waals surface area contributed by atoms with Crippen molar-refractivity contribution in [3.8, 4) is 0 Å². The maximum absolute atomic E-state index is 12.7. The van der Waals surface area contributed by atoms with Crippen molar-refractivity contribution in [1.82, 2.24) is 0 Å². The van der Waals surface area contributed by atoms with Gasteiger partial charge in [-0.2, -0.15) is 0 Å². The molecular weight excluding hydrogens is 733 g/mol. The van der Waals surface area contributed by atoms with E-state index >= 15 is 0 Å². The summed E-state index contributed by atoms with van der Waals surface area (Å²) in [5, 5.41) is 0. The third-order valence-corrected chi connectivity index (χ3v) is 8.87. The Bertz CT molecular complexity index is 1350. The fourth-order valence-electron chi connectivity index (χ4n) is 5.45. The Hall–Kier alpha value is -4.45. The lowest BCUT2D eigenvalue weighted by Gasteiger charge is -2.18. The van der Waals surface area contributed by atoms with Crippen LogP contribution in [0.15, 0.2) is 134 Å². The molecule has 0 aromatic heterocycles. The number of carbonyl (C=O) groups is 3. The molecule has 6 nitrogen and oxygen atoms in total. The minimum Gasteiger partial charge on any atom is -0.462 e. The van der Waals surface area contributed by atoms with E-state index in [4.69, 9.17) is 14.2 Å². The molecule has 0 heterocycles. The lowest BCUT2D eigenvalue weighted by atomic mass is 10.1. The van der Waals surface area contributed by atoms with Gasteiger partial charge in [-0.05, 0) is 77.0 Å². The third-order valence-electron chi connectivity index (χ3n) is 8.87. The first-order valence-electron chi connectivity index (χ1n) is 22.8. The summed E-state index contributed by atoms with van der Waals surface area (Å²) in [6.07, 6.45) is 64.3. The predicted molar refractivity (Wildman–Crippen MR) is 251 cm³/mol. The largest absolute Gasteiger partial charge is 0.462 e. The van der Waals surface area contributed by atoms with E-state index in [-0.39, 0.29) is 37.5 Å². The molecule has 0 rings (SSSR count). The first kappa shape index (κ1) is 54.6. The quantitative estimate of drug-likeness (QED) is 0.0267. The van der Waals surface area contributed by atoms with Crippen LogP contribution in [0.4, 0.5) is 0 Å². The van der Waals surface area contributed by atoms with Crippen LogP contribution in [0.25, 0.3) is 0 Å². The lowest BCUT2D eigenvalue weighted by Crippen LogP contribution is -2.30. The standard InChI is InChI=1S/C53H80O6/c1-4-7-10-13-16-19-22-24-25-26-27-29-31-34-37-40-43-46-52(55)58-49-50(48-57-51(54)45-42-39-36-33-30-21-18-15-12-9-6-3)59-53(56)47-44-41-38-35-32-28-23-20-17-14-11-8-5-2/h7-8,10-11,13-27,29-31,50H,4-6,9,12,28,32-49H2,1-3H3/b10-7-,11-8-,16-13-,17-14-,18-15-,22-19-,23-20-,25-24-,27-26+,30-21-,31-29-. The Morgan fingerprint density at radius 3 is 1.07 bits per heavy atom. The molecule has 0 aliphatic rings. The van der Waals surface area contributed by atoms with Crippen LogP contribution >= 0.6 is 0 Å². The van der Waals surface area contributed by atoms with E-state index in [1.807, 2.05) is 66.8 Å². The molecule has 328 valence electrons. The van der Waals surface area contributed by atoms with Crippen molar-refractivity contribution in [2.45, 2.75) is 168 Å². The number of hydrogen-bond donors (Lipinski definition) is 0. The molecule has 0 aliphatic heterocycles. The second-order valence-electron chi connectivity index (χ2n) is 14.4. The van der Waals surface area contributed by atoms with Crippen LogP contribution in [0.5, 0.6) is 0 Å². The minimum atomic E-state index is -0.821. The van der Waals surface area contributed by atoms with Crippen LogP contribution in [0.1, 0.15) is 162 Å². The van der Waals surface area contributed by atoms with Gasteiger partial charge in [-0.3, -0.25) is 14.4 Å². The Kier molecular flexibility index (Phi) is 42.8. The van der Waals surface area contributed by atoms with Crippen LogP contribution in [0, 0.1) is 0 Å². The number of esters is 3. The summed E-state index contributed by atoms with van der Waals surface area (Å²) < 4.78 is 16.6. The summed E-state index contributed by atoms with van der Waals surface area (Å²) in [4.78, 5) is 37.8. The molecule has 1 atom stereocenters. The Labute approximate surface area is 360 Å². The van der Waals surface area contributed by atoms with Crippen molar-refractivity contribution in [2.75, 3.05) is 13.2 Å². The average Bonchev–Trinajstić information content (AvgIpc) is 3.23. The van der Waals surface area contributed by atoms with Gasteiger partial charge in [0.1, 0.15) is 13.2 Å². The van der Waals surface area contributed by atoms with Gasteiger partial charge in [0, 0.05) is 19.3 Å². The normalized spacial score (nSPS) is 13.3. The predicted octanol–water partition coefficient (Wildman–Crippen LogP) is 14.7. The maximum Gasteiger partial charge on any atom is 0.306 e. The van der Waals surface area contributed by atoms with Gasteiger partial charge in [-0.15, -0.1) is 0 Å². The molecule has 6 heteroatoms. The molecule has 0 amide bonds. The molecule has 0 saturated heterocycles. The van der Waals surface area contributed by atoms with Crippen molar-refractivity contribution >= 4 is 17.9 Å². The Balaban J connectivity index is 4.58. The second kappa shape index (κ2) is 46.2. The van der Waals surface area contributed by atoms with E-state index < -0.39 is 6.10 Å². The number of allylic oxidation sites excluding steroid dienone is 22. The van der Waals surface area contributed by atoms with E-state index in [0.29, 0.717) is 12.8 Å². The van der Waals surface area contributed by atoms with Gasteiger partial charge in [0.2, 0.25) is 0 Å². The fraction of sp³-hybridized carbons (Fsp3) is 0.528. The van der Waals surface area contributed by atoms with Crippen molar-refractivity contribution < 1.29 is 28.6 Å². The van der Waals surface area contributed by atoms with Crippen molar-refractivity contribution in [1.29, 1.82) is 0 Å². The molecule has 0 aromatic rings. The molecule has 0 bridgehead atoms. The van der Waals surface area contributed by atoms with E-state index in [1.165, 1.54) is 12.8 Å². The summed E-state index contributed by atoms with van der Waals surface area (Å²) in [5.74, 6) is -1.03. The summed E-state index contributed by atoms with van der Waals surface area (Å²) in [7, 11) is 0. The van der Waals surface area contributed by atoms with Gasteiger partial charge in [0.05, 0.1) is 0 Å². The van der Waals surface area contributed by atoms with Crippen LogP contribution in [0.3, 0.4) is 0 Å². The van der Waals surface area contributed by atoms with E-state index in [2.05, 4.69) is 87.6 Å². The number of ether oxygens (including phenoxy) is 3. The SMILES string of the molecule is CC\C=C/C=C\C=C/C=C\C=C\C=C/CCCCCC(=O)OCC(COC(=O)CCCCC/C=C\C=C/CCCC)OC(=O)CCCCCCC\C=C/C=C\C=C/CC. The van der Waals surface area contributed by atoms with Gasteiger partial charge in [-0.25, -0.2) is 0 Å². The molecule has 59 heavy (non-hydrogen) atoms. The van der Waals surface area contributed by atoms with Crippen LogP contribution in [-0.4, -0.2) is 37.2 Å². The van der Waals surface area contributed by atoms with Gasteiger partial charge >= 0.3 is 17.9 Å². The topological polar surface area (TPSA) is 78.9 Å². The van der Waals surface area contributed by atoms with Crippen molar-refractivity contribution in [3.05, 3.63) is 134 Å². The number of unbranched alkanes of at least 4 members (excludes halogenated alkanes) is 13. The first-order valence-corrected chi connectivity index (χ1v) is 22.8. The summed E-state index contributed by atoms with van der Waals surface area (Å²) in [6.45, 7) is 6.18. The van der Waals surface area contributed by atoms with Crippen molar-refractivity contribution in [2.24, 2.45) is 0 Å². The van der Waals surface area contributed by atoms with E-state index in [1.54, 1.807) is 0 Å². The molecule has 0 fully saturated rings. The molecule has 0 aliphatic carbocycles. The molecule has 0 N–H and O–H groups in total. The van der Waals surface area contributed by atoms with Crippen LogP contribution in [0.2, 0.25) is 0 Å². The summed E-state index contributed by atoms with van der Waals surface area (Å²) in [5.41, 5.74) is 0. The third kappa shape index (κ3) is 44.5. The zero-order valence-electron chi connectivity index (χ0n) is 37.2. The van der Waals surface area contributed by atoms with Gasteiger partial charge < -0.3 is 14.2 Å². The van der Waals surface area contributed by atoms with Crippen LogP contribution in [-0.2, 0) is 28.6 Å². The zero-order chi connectivity index (χ0) is 43.0. The minimum absolute atomic E-state index is 0.121. The average molecular weight is 813 g/mol. The lowest BCUT2D eigenvalue weighted by molar-refractivity contribution is -0.167. The van der Waals surface area contributed by atoms with Gasteiger partial charge in [0.25, 0.3) is 0 Å². The summed E-state index contributed by atoms with van der Waals surface area (Å²) in [6, 6.07) is 0. The summed E-state index contributed by atoms with van der Waals surface area (Å²) >= 11 is 0.